The number of thiocarbonyl (C=S) groups is 1. The van der Waals surface area contributed by atoms with E-state index in [1.54, 1.807) is 6.07 Å². The summed E-state index contributed by atoms with van der Waals surface area (Å²) >= 11 is 5.62. The summed E-state index contributed by atoms with van der Waals surface area (Å²) in [6.45, 7) is 4.72. The Bertz CT molecular complexity index is 768. The summed E-state index contributed by atoms with van der Waals surface area (Å²) < 4.78 is 0. The summed E-state index contributed by atoms with van der Waals surface area (Å²) in [4.78, 5) is 16.2. The van der Waals surface area contributed by atoms with Crippen molar-refractivity contribution >= 4 is 34.5 Å². The predicted molar refractivity (Wildman–Crippen MR) is 104 cm³/mol. The van der Waals surface area contributed by atoms with Crippen molar-refractivity contribution in [2.45, 2.75) is 6.92 Å². The molecule has 0 aromatic heterocycles. The third-order valence-electron chi connectivity index (χ3n) is 4.24. The first-order valence-corrected chi connectivity index (χ1v) is 8.65. The van der Waals surface area contributed by atoms with Crippen LogP contribution in [0.3, 0.4) is 0 Å². The molecule has 6 heteroatoms. The van der Waals surface area contributed by atoms with E-state index in [-0.39, 0.29) is 5.91 Å². The lowest BCUT2D eigenvalue weighted by atomic mass is 10.1. The van der Waals surface area contributed by atoms with Crippen molar-refractivity contribution in [1.82, 2.24) is 4.90 Å². The highest BCUT2D eigenvalue weighted by atomic mass is 32.1. The van der Waals surface area contributed by atoms with Gasteiger partial charge in [-0.3, -0.25) is 4.79 Å². The van der Waals surface area contributed by atoms with Crippen LogP contribution in [0.2, 0.25) is 0 Å². The van der Waals surface area contributed by atoms with Crippen LogP contribution < -0.4 is 10.2 Å². The van der Waals surface area contributed by atoms with E-state index in [2.05, 4.69) is 15.1 Å². The molecule has 1 heterocycles. The Balaban J connectivity index is 1.61. The van der Waals surface area contributed by atoms with Crippen LogP contribution in [0.4, 0.5) is 11.4 Å². The smallest absolute Gasteiger partial charge is 0.221 e. The molecule has 0 atom stereocenters. The van der Waals surface area contributed by atoms with E-state index in [1.807, 2.05) is 42.5 Å². The van der Waals surface area contributed by atoms with Crippen molar-refractivity contribution in [3.8, 4) is 5.75 Å². The molecule has 3 rings (SSSR count). The lowest BCUT2D eigenvalue weighted by molar-refractivity contribution is -0.114. The van der Waals surface area contributed by atoms with E-state index < -0.39 is 0 Å². The number of anilines is 2. The molecule has 0 aliphatic carbocycles. The molecule has 2 N–H and O–H groups in total. The zero-order chi connectivity index (χ0) is 17.8. The topological polar surface area (TPSA) is 55.8 Å². The van der Waals surface area contributed by atoms with Gasteiger partial charge in [0.1, 0.15) is 10.7 Å². The number of hydrogen-bond acceptors (Lipinski definition) is 4. The molecule has 130 valence electrons. The molecule has 0 unspecified atom stereocenters. The molecule has 2 aromatic carbocycles. The number of nitrogens with one attached hydrogen (secondary N) is 1. The van der Waals surface area contributed by atoms with Gasteiger partial charge < -0.3 is 20.2 Å². The zero-order valence-electron chi connectivity index (χ0n) is 14.1. The molecule has 0 bridgehead atoms. The second-order valence-electron chi connectivity index (χ2n) is 6.03. The van der Waals surface area contributed by atoms with E-state index in [9.17, 15) is 9.90 Å². The van der Waals surface area contributed by atoms with E-state index >= 15 is 0 Å². The number of rotatable bonds is 3. The molecule has 5 nitrogen and oxygen atoms in total. The summed E-state index contributed by atoms with van der Waals surface area (Å²) in [5.74, 6) is 0.225. The van der Waals surface area contributed by atoms with Crippen LogP contribution in [0.25, 0.3) is 0 Å². The number of para-hydroxylation sites is 2. The zero-order valence-corrected chi connectivity index (χ0v) is 14.9. The molecule has 1 amide bonds. The SMILES string of the molecule is CC(=O)Nc1ccc(C(=S)N2CCN(c3ccccc3O)CC2)cc1. The number of carbonyl (C=O) groups excluding carboxylic acids is 1. The van der Waals surface area contributed by atoms with Gasteiger partial charge in [-0.25, -0.2) is 0 Å². The average molecular weight is 355 g/mol. The Kier molecular flexibility index (Phi) is 5.19. The third kappa shape index (κ3) is 4.09. The molecule has 1 aliphatic rings. The maximum Gasteiger partial charge on any atom is 0.221 e. The van der Waals surface area contributed by atoms with Gasteiger partial charge in [0.2, 0.25) is 5.91 Å². The molecule has 1 saturated heterocycles. The number of hydrogen-bond donors (Lipinski definition) is 2. The van der Waals surface area contributed by atoms with Crippen molar-refractivity contribution < 1.29 is 9.90 Å². The number of phenols is 1. The van der Waals surface area contributed by atoms with Crippen LogP contribution in [0.1, 0.15) is 12.5 Å². The minimum absolute atomic E-state index is 0.0874. The number of phenolic OH excluding ortho intramolecular Hbond substituents is 1. The van der Waals surface area contributed by atoms with E-state index in [4.69, 9.17) is 12.2 Å². The molecule has 0 radical (unpaired) electrons. The van der Waals surface area contributed by atoms with Crippen molar-refractivity contribution in [2.75, 3.05) is 36.4 Å². The maximum absolute atomic E-state index is 11.1. The monoisotopic (exact) mass is 355 g/mol. The summed E-state index contributed by atoms with van der Waals surface area (Å²) in [6.07, 6.45) is 0. The van der Waals surface area contributed by atoms with E-state index in [0.717, 1.165) is 48.1 Å². The van der Waals surface area contributed by atoms with Crippen LogP contribution in [0.5, 0.6) is 5.75 Å². The highest BCUT2D eigenvalue weighted by Crippen LogP contribution is 2.27. The summed E-state index contributed by atoms with van der Waals surface area (Å²) in [6, 6.07) is 15.0. The Morgan fingerprint density at radius 2 is 1.68 bits per heavy atom. The van der Waals surface area contributed by atoms with Gasteiger partial charge in [-0.1, -0.05) is 24.4 Å². The number of carbonyl (C=O) groups is 1. The lowest BCUT2D eigenvalue weighted by Crippen LogP contribution is -2.48. The first-order valence-electron chi connectivity index (χ1n) is 8.24. The van der Waals surface area contributed by atoms with Gasteiger partial charge in [-0.15, -0.1) is 0 Å². The van der Waals surface area contributed by atoms with Gasteiger partial charge in [0.05, 0.1) is 5.69 Å². The van der Waals surface area contributed by atoms with Crippen LogP contribution in [0, 0.1) is 0 Å². The third-order valence-corrected chi connectivity index (χ3v) is 4.74. The fraction of sp³-hybridized carbons (Fsp3) is 0.263. The van der Waals surface area contributed by atoms with Crippen LogP contribution in [0.15, 0.2) is 48.5 Å². The Labute approximate surface area is 152 Å². The number of aromatic hydroxyl groups is 1. The molecule has 0 spiro atoms. The lowest BCUT2D eigenvalue weighted by Gasteiger charge is -2.37. The fourth-order valence-electron chi connectivity index (χ4n) is 2.96. The van der Waals surface area contributed by atoms with Gasteiger partial charge in [0.25, 0.3) is 0 Å². The van der Waals surface area contributed by atoms with Gasteiger partial charge in [0, 0.05) is 44.4 Å². The summed E-state index contributed by atoms with van der Waals surface area (Å²) in [5.41, 5.74) is 2.61. The normalized spacial score (nSPS) is 14.3. The Hall–Kier alpha value is -2.60. The van der Waals surface area contributed by atoms with Crippen molar-refractivity contribution in [1.29, 1.82) is 0 Å². The van der Waals surface area contributed by atoms with Gasteiger partial charge in [-0.2, -0.15) is 0 Å². The first kappa shape index (κ1) is 17.2. The number of benzene rings is 2. The number of nitrogens with zero attached hydrogens (tertiary/aromatic N) is 2. The van der Waals surface area contributed by atoms with Crippen LogP contribution in [-0.4, -0.2) is 47.1 Å². The maximum atomic E-state index is 11.1. The summed E-state index contributed by atoms with van der Waals surface area (Å²) in [7, 11) is 0. The van der Waals surface area contributed by atoms with E-state index in [1.165, 1.54) is 6.92 Å². The molecule has 2 aromatic rings. The molecule has 0 saturated carbocycles. The molecule has 1 fully saturated rings. The molecular formula is C19H21N3O2S. The average Bonchev–Trinajstić information content (AvgIpc) is 2.62. The van der Waals surface area contributed by atoms with Gasteiger partial charge in [0.15, 0.2) is 0 Å². The van der Waals surface area contributed by atoms with Crippen molar-refractivity contribution in [3.63, 3.8) is 0 Å². The number of amides is 1. The molecule has 1 aliphatic heterocycles. The van der Waals surface area contributed by atoms with Gasteiger partial charge >= 0.3 is 0 Å². The molecule has 25 heavy (non-hydrogen) atoms. The van der Waals surface area contributed by atoms with Gasteiger partial charge in [-0.05, 0) is 36.4 Å². The minimum Gasteiger partial charge on any atom is -0.506 e. The fourth-order valence-corrected chi connectivity index (χ4v) is 3.28. The first-order chi connectivity index (χ1) is 12.0. The second kappa shape index (κ2) is 7.53. The summed E-state index contributed by atoms with van der Waals surface area (Å²) in [5, 5.41) is 12.7. The number of piperazine rings is 1. The van der Waals surface area contributed by atoms with Crippen LogP contribution in [-0.2, 0) is 4.79 Å². The largest absolute Gasteiger partial charge is 0.506 e. The standard InChI is InChI=1S/C19H21N3O2S/c1-14(23)20-16-8-6-15(7-9-16)19(25)22-12-10-21(11-13-22)17-4-2-3-5-18(17)24/h2-9,24H,10-13H2,1H3,(H,20,23). The Morgan fingerprint density at radius 3 is 2.28 bits per heavy atom. The van der Waals surface area contributed by atoms with E-state index in [0.29, 0.717) is 5.75 Å². The Morgan fingerprint density at radius 1 is 1.04 bits per heavy atom. The highest BCUT2D eigenvalue weighted by molar-refractivity contribution is 7.80. The second-order valence-corrected chi connectivity index (χ2v) is 6.41. The van der Waals surface area contributed by atoms with Crippen molar-refractivity contribution in [3.05, 3.63) is 54.1 Å². The molecular weight excluding hydrogens is 334 g/mol. The van der Waals surface area contributed by atoms with Crippen LogP contribution >= 0.6 is 12.2 Å². The minimum atomic E-state index is -0.0874. The van der Waals surface area contributed by atoms with Crippen molar-refractivity contribution in [2.24, 2.45) is 0 Å². The predicted octanol–water partition coefficient (Wildman–Crippen LogP) is 2.85. The highest BCUT2D eigenvalue weighted by Gasteiger charge is 2.21. The quantitative estimate of drug-likeness (QED) is 0.829.